The van der Waals surface area contributed by atoms with E-state index in [1.54, 1.807) is 0 Å². The van der Waals surface area contributed by atoms with Gasteiger partial charge in [0.2, 0.25) is 0 Å². The van der Waals surface area contributed by atoms with Crippen LogP contribution in [0.5, 0.6) is 0 Å². The molecule has 0 bridgehead atoms. The van der Waals surface area contributed by atoms with Gasteiger partial charge in [-0.25, -0.2) is 0 Å². The zero-order valence-electron chi connectivity index (χ0n) is 10.3. The third kappa shape index (κ3) is 2.80. The van der Waals surface area contributed by atoms with Crippen LogP contribution in [0.1, 0.15) is 38.5 Å². The second-order valence-corrected chi connectivity index (χ2v) is 6.04. The molecule has 0 aromatic carbocycles. The Morgan fingerprint density at radius 3 is 2.94 bits per heavy atom. The van der Waals surface area contributed by atoms with E-state index in [-0.39, 0.29) is 0 Å². The van der Waals surface area contributed by atoms with Crippen LogP contribution in [-0.4, -0.2) is 41.8 Å². The minimum Gasteiger partial charge on any atom is -0.299 e. The van der Waals surface area contributed by atoms with Crippen molar-refractivity contribution < 1.29 is 4.79 Å². The number of carbonyl (C=O) groups is 1. The van der Waals surface area contributed by atoms with Gasteiger partial charge in [-0.3, -0.25) is 9.69 Å². The summed E-state index contributed by atoms with van der Waals surface area (Å²) in [4.78, 5) is 14.5. The average Bonchev–Trinajstić information content (AvgIpc) is 2.75. The Balaban J connectivity index is 1.92. The number of hydrogen-bond acceptors (Lipinski definition) is 3. The van der Waals surface area contributed by atoms with E-state index in [0.717, 1.165) is 19.3 Å². The van der Waals surface area contributed by atoms with Crippen molar-refractivity contribution in [3.05, 3.63) is 0 Å². The van der Waals surface area contributed by atoms with E-state index in [4.69, 9.17) is 0 Å². The topological polar surface area (TPSA) is 20.3 Å². The summed E-state index contributed by atoms with van der Waals surface area (Å²) in [5, 5.41) is 0. The molecule has 2 aliphatic rings. The number of hydrogen-bond donors (Lipinski definition) is 0. The Morgan fingerprint density at radius 2 is 2.19 bits per heavy atom. The molecule has 2 nitrogen and oxygen atoms in total. The number of Topliss-reactive ketones (excluding diaryl/α,β-unsaturated/α-hetero) is 1. The van der Waals surface area contributed by atoms with Gasteiger partial charge in [0.1, 0.15) is 5.78 Å². The number of likely N-dealkylation sites (tertiary alicyclic amines) is 1. The van der Waals surface area contributed by atoms with Crippen molar-refractivity contribution >= 4 is 17.5 Å². The maximum absolute atomic E-state index is 12.0. The van der Waals surface area contributed by atoms with E-state index >= 15 is 0 Å². The summed E-state index contributed by atoms with van der Waals surface area (Å²) in [5.74, 6) is 2.13. The van der Waals surface area contributed by atoms with Gasteiger partial charge < -0.3 is 0 Å². The highest BCUT2D eigenvalue weighted by molar-refractivity contribution is 7.98. The van der Waals surface area contributed by atoms with Crippen LogP contribution in [0.25, 0.3) is 0 Å². The van der Waals surface area contributed by atoms with Crippen molar-refractivity contribution in [1.82, 2.24) is 4.90 Å². The van der Waals surface area contributed by atoms with Crippen molar-refractivity contribution in [2.45, 2.75) is 44.6 Å². The molecule has 1 heterocycles. The highest BCUT2D eigenvalue weighted by Crippen LogP contribution is 2.32. The lowest BCUT2D eigenvalue weighted by Crippen LogP contribution is -2.41. The Morgan fingerprint density at radius 1 is 1.31 bits per heavy atom. The number of rotatable bonds is 4. The van der Waals surface area contributed by atoms with E-state index in [0.29, 0.717) is 17.7 Å². The molecule has 3 heteroatoms. The van der Waals surface area contributed by atoms with Crippen LogP contribution < -0.4 is 0 Å². The van der Waals surface area contributed by atoms with E-state index in [1.807, 2.05) is 11.8 Å². The van der Waals surface area contributed by atoms with Crippen molar-refractivity contribution in [1.29, 1.82) is 0 Å². The van der Waals surface area contributed by atoms with Gasteiger partial charge in [0.25, 0.3) is 0 Å². The molecule has 2 fully saturated rings. The first-order valence-electron chi connectivity index (χ1n) is 6.58. The number of thioether (sulfide) groups is 1. The van der Waals surface area contributed by atoms with Gasteiger partial charge in [-0.05, 0) is 38.5 Å². The minimum atomic E-state index is 0.373. The molecule has 1 saturated carbocycles. The molecule has 2 atom stereocenters. The van der Waals surface area contributed by atoms with Gasteiger partial charge in [0.15, 0.2) is 0 Å². The van der Waals surface area contributed by atoms with E-state index in [2.05, 4.69) is 11.2 Å². The highest BCUT2D eigenvalue weighted by atomic mass is 32.2. The third-order valence-electron chi connectivity index (χ3n) is 4.06. The SMILES string of the molecule is CSCCN1CCCC1C1CCCCC1=O. The first-order valence-corrected chi connectivity index (χ1v) is 7.98. The van der Waals surface area contributed by atoms with Gasteiger partial charge in [0.05, 0.1) is 0 Å². The van der Waals surface area contributed by atoms with Crippen LogP contribution in [0.15, 0.2) is 0 Å². The Kier molecular flexibility index (Phi) is 4.71. The molecule has 0 aromatic heterocycles. The molecule has 0 amide bonds. The summed E-state index contributed by atoms with van der Waals surface area (Å²) in [6, 6.07) is 0.583. The molecule has 0 radical (unpaired) electrons. The standard InChI is InChI=1S/C13H23NOS/c1-16-10-9-14-8-4-6-12(14)11-5-2-3-7-13(11)15/h11-12H,2-10H2,1H3. The summed E-state index contributed by atoms with van der Waals surface area (Å²) in [5.41, 5.74) is 0. The molecule has 2 unspecified atom stereocenters. The van der Waals surface area contributed by atoms with Crippen LogP contribution in [0, 0.1) is 5.92 Å². The molecule has 2 rings (SSSR count). The van der Waals surface area contributed by atoms with Gasteiger partial charge in [-0.2, -0.15) is 11.8 Å². The molecule has 1 aliphatic carbocycles. The van der Waals surface area contributed by atoms with Crippen LogP contribution in [0.3, 0.4) is 0 Å². The number of nitrogens with zero attached hydrogens (tertiary/aromatic N) is 1. The second kappa shape index (κ2) is 6.06. The maximum Gasteiger partial charge on any atom is 0.137 e. The molecular formula is C13H23NOS. The Bertz CT molecular complexity index is 244. The van der Waals surface area contributed by atoms with Crippen LogP contribution in [0.2, 0.25) is 0 Å². The quantitative estimate of drug-likeness (QED) is 0.754. The fourth-order valence-corrected chi connectivity index (χ4v) is 3.63. The van der Waals surface area contributed by atoms with Crippen LogP contribution in [-0.2, 0) is 4.79 Å². The van der Waals surface area contributed by atoms with Gasteiger partial charge in [-0.1, -0.05) is 6.42 Å². The van der Waals surface area contributed by atoms with Gasteiger partial charge in [0, 0.05) is 30.7 Å². The van der Waals surface area contributed by atoms with Crippen LogP contribution >= 0.6 is 11.8 Å². The lowest BCUT2D eigenvalue weighted by molar-refractivity contribution is -0.126. The predicted molar refractivity (Wildman–Crippen MR) is 69.9 cm³/mol. The summed E-state index contributed by atoms with van der Waals surface area (Å²) < 4.78 is 0. The smallest absolute Gasteiger partial charge is 0.137 e. The van der Waals surface area contributed by atoms with E-state index in [1.165, 1.54) is 38.1 Å². The molecule has 0 aromatic rings. The monoisotopic (exact) mass is 241 g/mol. The first-order chi connectivity index (χ1) is 7.83. The summed E-state index contributed by atoms with van der Waals surface area (Å²) in [6.07, 6.45) is 9.11. The molecule has 16 heavy (non-hydrogen) atoms. The molecule has 0 spiro atoms. The lowest BCUT2D eigenvalue weighted by atomic mass is 9.82. The van der Waals surface area contributed by atoms with Crippen LogP contribution in [0.4, 0.5) is 0 Å². The van der Waals surface area contributed by atoms with Crippen molar-refractivity contribution in [3.63, 3.8) is 0 Å². The zero-order valence-corrected chi connectivity index (χ0v) is 11.1. The first kappa shape index (κ1) is 12.4. The van der Waals surface area contributed by atoms with Gasteiger partial charge >= 0.3 is 0 Å². The lowest BCUT2D eigenvalue weighted by Gasteiger charge is -2.32. The molecule has 1 saturated heterocycles. The third-order valence-corrected chi connectivity index (χ3v) is 4.65. The molecule has 0 N–H and O–H groups in total. The zero-order chi connectivity index (χ0) is 11.4. The van der Waals surface area contributed by atoms with Gasteiger partial charge in [-0.15, -0.1) is 0 Å². The van der Waals surface area contributed by atoms with E-state index in [9.17, 15) is 4.79 Å². The molecular weight excluding hydrogens is 218 g/mol. The normalized spacial score (nSPS) is 32.2. The second-order valence-electron chi connectivity index (χ2n) is 5.06. The van der Waals surface area contributed by atoms with Crippen molar-refractivity contribution in [3.8, 4) is 0 Å². The Labute approximate surface area is 103 Å². The largest absolute Gasteiger partial charge is 0.299 e. The fraction of sp³-hybridized carbons (Fsp3) is 0.923. The Hall–Kier alpha value is -0.0200. The summed E-state index contributed by atoms with van der Waals surface area (Å²) in [6.45, 7) is 2.39. The van der Waals surface area contributed by atoms with E-state index < -0.39 is 0 Å². The van der Waals surface area contributed by atoms with Crippen molar-refractivity contribution in [2.24, 2.45) is 5.92 Å². The fourth-order valence-electron chi connectivity index (χ4n) is 3.21. The number of carbonyl (C=O) groups excluding carboxylic acids is 1. The summed E-state index contributed by atoms with van der Waals surface area (Å²) in [7, 11) is 0. The average molecular weight is 241 g/mol. The molecule has 1 aliphatic heterocycles. The highest BCUT2D eigenvalue weighted by Gasteiger charge is 2.36. The maximum atomic E-state index is 12.0. The predicted octanol–water partition coefficient (Wildman–Crippen LogP) is 2.57. The molecule has 92 valence electrons. The summed E-state index contributed by atoms with van der Waals surface area (Å²) >= 11 is 1.91. The minimum absolute atomic E-state index is 0.373. The number of ketones is 1. The van der Waals surface area contributed by atoms with Crippen molar-refractivity contribution in [2.75, 3.05) is 25.1 Å².